The Morgan fingerprint density at radius 2 is 2.55 bits per heavy atom. The number of carbonyl (C=O) groups is 1. The molecule has 0 saturated carbocycles. The van der Waals surface area contributed by atoms with E-state index >= 15 is 0 Å². The van der Waals surface area contributed by atoms with Crippen LogP contribution in [0.1, 0.15) is 6.92 Å². The number of carbonyl (C=O) groups excluding carboxylic acids is 1. The monoisotopic (exact) mass is 161 g/mol. The van der Waals surface area contributed by atoms with Gasteiger partial charge in [0, 0.05) is 0 Å². The highest BCUT2D eigenvalue weighted by atomic mass is 16.5. The maximum Gasteiger partial charge on any atom is 0.408 e. The number of nitrogens with one attached hydrogen (secondary N) is 2. The minimum atomic E-state index is -0.525. The van der Waals surface area contributed by atoms with Gasteiger partial charge in [0.1, 0.15) is 13.0 Å². The van der Waals surface area contributed by atoms with Crippen LogP contribution in [-0.2, 0) is 4.74 Å². The van der Waals surface area contributed by atoms with Crippen molar-refractivity contribution in [1.82, 2.24) is 10.8 Å². The van der Waals surface area contributed by atoms with Crippen LogP contribution in [0.3, 0.4) is 0 Å². The van der Waals surface area contributed by atoms with E-state index in [4.69, 9.17) is 5.21 Å². The molecular weight excluding hydrogens is 150 g/mol. The van der Waals surface area contributed by atoms with E-state index in [-0.39, 0.29) is 6.67 Å². The van der Waals surface area contributed by atoms with E-state index < -0.39 is 6.09 Å². The number of hydrogen-bond donors (Lipinski definition) is 3. The quantitative estimate of drug-likeness (QED) is 0.300. The van der Waals surface area contributed by atoms with Crippen LogP contribution in [0, 0.1) is 0 Å². The van der Waals surface area contributed by atoms with Crippen LogP contribution < -0.4 is 10.8 Å². The topological polar surface area (TPSA) is 83.0 Å². The first kappa shape index (κ1) is 9.70. The molecule has 0 bridgehead atoms. The molecule has 0 heterocycles. The third-order valence-corrected chi connectivity index (χ3v) is 0.739. The molecule has 0 saturated heterocycles. The van der Waals surface area contributed by atoms with Gasteiger partial charge in [0.25, 0.3) is 0 Å². The van der Waals surface area contributed by atoms with Crippen molar-refractivity contribution < 1.29 is 14.7 Å². The largest absolute Gasteiger partial charge is 0.450 e. The molecule has 0 aromatic carbocycles. The average molecular weight is 161 g/mol. The minimum Gasteiger partial charge on any atom is -0.450 e. The zero-order valence-electron chi connectivity index (χ0n) is 6.20. The summed E-state index contributed by atoms with van der Waals surface area (Å²) in [6.07, 6.45) is 0.522. The van der Waals surface area contributed by atoms with Crippen LogP contribution in [0.5, 0.6) is 0 Å². The molecule has 6 nitrogen and oxygen atoms in total. The molecular formula is C5H11N3O3. The van der Waals surface area contributed by atoms with E-state index in [1.54, 1.807) is 12.4 Å². The molecule has 0 fully saturated rings. The van der Waals surface area contributed by atoms with E-state index in [0.29, 0.717) is 6.61 Å². The summed E-state index contributed by atoms with van der Waals surface area (Å²) in [6.45, 7) is 2.11. The van der Waals surface area contributed by atoms with Gasteiger partial charge in [0.2, 0.25) is 0 Å². The lowest BCUT2D eigenvalue weighted by Gasteiger charge is -2.00. The molecule has 64 valence electrons. The number of hydrogen-bond acceptors (Lipinski definition) is 4. The van der Waals surface area contributed by atoms with Crippen molar-refractivity contribution in [3.8, 4) is 0 Å². The minimum absolute atomic E-state index is 0.0758. The number of ether oxygens (including phenoxy) is 1. The van der Waals surface area contributed by atoms with Crippen LogP contribution in [0.25, 0.3) is 0 Å². The van der Waals surface area contributed by atoms with Crippen molar-refractivity contribution in [1.29, 1.82) is 0 Å². The maximum absolute atomic E-state index is 10.5. The summed E-state index contributed by atoms with van der Waals surface area (Å²) in [7, 11) is 0. The Kier molecular flexibility index (Phi) is 6.01. The van der Waals surface area contributed by atoms with Gasteiger partial charge in [-0.05, 0) is 6.92 Å². The Hall–Kier alpha value is -1.30. The van der Waals surface area contributed by atoms with Gasteiger partial charge in [0.05, 0.1) is 6.61 Å². The highest BCUT2D eigenvalue weighted by molar-refractivity contribution is 5.67. The lowest BCUT2D eigenvalue weighted by molar-refractivity contribution is 0.152. The molecule has 0 aromatic heterocycles. The number of nitrogens with zero attached hydrogens (tertiary/aromatic N) is 1. The van der Waals surface area contributed by atoms with Gasteiger partial charge >= 0.3 is 6.09 Å². The summed E-state index contributed by atoms with van der Waals surface area (Å²) >= 11 is 0. The summed E-state index contributed by atoms with van der Waals surface area (Å²) in [5, 5.41) is 10.3. The highest BCUT2D eigenvalue weighted by Crippen LogP contribution is 1.74. The smallest absolute Gasteiger partial charge is 0.408 e. The first-order valence-electron chi connectivity index (χ1n) is 3.09. The van der Waals surface area contributed by atoms with Gasteiger partial charge in [-0.15, -0.1) is 0 Å². The third-order valence-electron chi connectivity index (χ3n) is 0.739. The van der Waals surface area contributed by atoms with E-state index in [2.05, 4.69) is 15.0 Å². The van der Waals surface area contributed by atoms with Crippen LogP contribution in [0.4, 0.5) is 4.79 Å². The van der Waals surface area contributed by atoms with Gasteiger partial charge in [-0.3, -0.25) is 15.7 Å². The third kappa shape index (κ3) is 6.59. The summed E-state index contributed by atoms with van der Waals surface area (Å²) < 4.78 is 4.52. The van der Waals surface area contributed by atoms with Crippen molar-refractivity contribution in [2.24, 2.45) is 4.99 Å². The van der Waals surface area contributed by atoms with Gasteiger partial charge < -0.3 is 10.1 Å². The van der Waals surface area contributed by atoms with Crippen LogP contribution in [-0.4, -0.2) is 30.9 Å². The zero-order valence-corrected chi connectivity index (χ0v) is 6.20. The zero-order chi connectivity index (χ0) is 8.53. The van der Waals surface area contributed by atoms with Crippen molar-refractivity contribution in [3.05, 3.63) is 0 Å². The standard InChI is InChI=1S/C5H11N3O3/c1-2-11-5(9)7-3-6-4-8-10/h4,10H,2-3H2,1H3,(H,6,8)(H,7,9). The molecule has 0 aromatic rings. The van der Waals surface area contributed by atoms with Crippen LogP contribution in [0.2, 0.25) is 0 Å². The molecule has 0 aliphatic carbocycles. The highest BCUT2D eigenvalue weighted by Gasteiger charge is 1.94. The Bertz CT molecular complexity index is 137. The fourth-order valence-corrected chi connectivity index (χ4v) is 0.379. The van der Waals surface area contributed by atoms with E-state index in [0.717, 1.165) is 6.34 Å². The lowest BCUT2D eigenvalue weighted by Crippen LogP contribution is -2.24. The fourth-order valence-electron chi connectivity index (χ4n) is 0.379. The molecule has 0 radical (unpaired) electrons. The van der Waals surface area contributed by atoms with Gasteiger partial charge in [-0.25, -0.2) is 4.79 Å². The molecule has 1 amide bonds. The molecule has 0 atom stereocenters. The van der Waals surface area contributed by atoms with Crippen molar-refractivity contribution >= 4 is 12.4 Å². The molecule has 6 heteroatoms. The molecule has 0 rings (SSSR count). The second-order valence-electron chi connectivity index (χ2n) is 1.50. The summed E-state index contributed by atoms with van der Waals surface area (Å²) in [6, 6.07) is 0. The Morgan fingerprint density at radius 1 is 1.82 bits per heavy atom. The molecule has 0 aliphatic heterocycles. The van der Waals surface area contributed by atoms with Crippen molar-refractivity contribution in [2.45, 2.75) is 6.92 Å². The Labute approximate surface area is 64.2 Å². The summed E-state index contributed by atoms with van der Waals surface area (Å²) in [4.78, 5) is 14.0. The molecule has 3 N–H and O–H groups in total. The molecule has 0 spiro atoms. The lowest BCUT2D eigenvalue weighted by atomic mass is 10.8. The second-order valence-corrected chi connectivity index (χ2v) is 1.50. The first-order chi connectivity index (χ1) is 5.31. The normalized spacial score (nSPS) is 9.64. The Balaban J connectivity index is 3.24. The number of aliphatic imine (C=N–C) groups is 1. The fraction of sp³-hybridized carbons (Fsp3) is 0.600. The Morgan fingerprint density at radius 3 is 3.09 bits per heavy atom. The first-order valence-corrected chi connectivity index (χ1v) is 3.09. The van der Waals surface area contributed by atoms with Gasteiger partial charge in [-0.2, -0.15) is 0 Å². The summed E-state index contributed by atoms with van der Waals surface area (Å²) in [5.41, 5.74) is 1.69. The van der Waals surface area contributed by atoms with Crippen molar-refractivity contribution in [2.75, 3.05) is 13.3 Å². The van der Waals surface area contributed by atoms with Crippen LogP contribution >= 0.6 is 0 Å². The predicted molar refractivity (Wildman–Crippen MR) is 38.4 cm³/mol. The predicted octanol–water partition coefficient (Wildman–Crippen LogP) is -0.303. The van der Waals surface area contributed by atoms with Gasteiger partial charge in [-0.1, -0.05) is 0 Å². The summed E-state index contributed by atoms with van der Waals surface area (Å²) in [5.74, 6) is 0. The molecule has 0 aliphatic rings. The SMILES string of the molecule is CCOC(=O)NCN=CNO. The number of amides is 1. The maximum atomic E-state index is 10.5. The molecule has 0 unspecified atom stereocenters. The molecule has 11 heavy (non-hydrogen) atoms. The average Bonchev–Trinajstić information content (AvgIpc) is 1.99. The number of alkyl carbamates (subject to hydrolysis) is 1. The van der Waals surface area contributed by atoms with E-state index in [1.807, 2.05) is 0 Å². The second kappa shape index (κ2) is 6.81. The van der Waals surface area contributed by atoms with E-state index in [9.17, 15) is 4.79 Å². The van der Waals surface area contributed by atoms with Crippen molar-refractivity contribution in [3.63, 3.8) is 0 Å². The number of hydroxylamine groups is 1. The van der Waals surface area contributed by atoms with E-state index in [1.165, 1.54) is 0 Å². The van der Waals surface area contributed by atoms with Gasteiger partial charge in [0.15, 0.2) is 0 Å². The van der Waals surface area contributed by atoms with Crippen LogP contribution in [0.15, 0.2) is 4.99 Å². The number of rotatable bonds is 4.